The van der Waals surface area contributed by atoms with E-state index < -0.39 is 5.41 Å². The van der Waals surface area contributed by atoms with Crippen LogP contribution in [-0.4, -0.2) is 28.7 Å². The summed E-state index contributed by atoms with van der Waals surface area (Å²) in [6.07, 6.45) is 11.5. The van der Waals surface area contributed by atoms with E-state index >= 15 is 0 Å². The van der Waals surface area contributed by atoms with Crippen molar-refractivity contribution < 1.29 is 19.0 Å². The fourth-order valence-corrected chi connectivity index (χ4v) is 3.69. The number of hydrogen-bond donors (Lipinski definition) is 0. The molecule has 1 aromatic heterocycles. The number of aromatic nitrogens is 2. The zero-order chi connectivity index (χ0) is 24.8. The molecule has 0 fully saturated rings. The van der Waals surface area contributed by atoms with Crippen molar-refractivity contribution in [2.24, 2.45) is 5.41 Å². The molecular weight excluding hydrogens is 440 g/mol. The molecule has 0 aliphatic heterocycles. The Balaban J connectivity index is 1.23. The standard InChI is InChI=1S/C29H38N2O4/c1-29(2,28(32)35-23-25-11-5-3-6-12-25)17-7-10-22-34-27-15-13-26(14-16-27)33-21-9-4-8-19-31-20-18-30-24-31/h3,5-6,11-16,18,20,24H,4,7-10,17,19,21-23H2,1-2H3. The highest BCUT2D eigenvalue weighted by Crippen LogP contribution is 2.26. The third-order valence-electron chi connectivity index (χ3n) is 5.94. The predicted molar refractivity (Wildman–Crippen MR) is 137 cm³/mol. The molecule has 0 saturated carbocycles. The van der Waals surface area contributed by atoms with Gasteiger partial charge in [-0.3, -0.25) is 4.79 Å². The van der Waals surface area contributed by atoms with Crippen LogP contribution >= 0.6 is 0 Å². The molecule has 6 heteroatoms. The number of hydrogen-bond acceptors (Lipinski definition) is 5. The molecule has 188 valence electrons. The van der Waals surface area contributed by atoms with Crippen LogP contribution in [0.25, 0.3) is 0 Å². The van der Waals surface area contributed by atoms with Gasteiger partial charge >= 0.3 is 5.97 Å². The van der Waals surface area contributed by atoms with Crippen molar-refractivity contribution in [2.45, 2.75) is 65.5 Å². The first-order valence-electron chi connectivity index (χ1n) is 12.6. The van der Waals surface area contributed by atoms with Gasteiger partial charge in [-0.15, -0.1) is 0 Å². The molecule has 0 saturated heterocycles. The van der Waals surface area contributed by atoms with Crippen molar-refractivity contribution in [2.75, 3.05) is 13.2 Å². The molecular formula is C29H38N2O4. The van der Waals surface area contributed by atoms with Gasteiger partial charge in [0, 0.05) is 18.9 Å². The fraction of sp³-hybridized carbons (Fsp3) is 0.448. The minimum absolute atomic E-state index is 0.156. The topological polar surface area (TPSA) is 62.6 Å². The normalized spacial score (nSPS) is 11.3. The molecule has 0 N–H and O–H groups in total. The van der Waals surface area contributed by atoms with Crippen LogP contribution in [0.5, 0.6) is 11.5 Å². The number of aryl methyl sites for hydroxylation is 1. The second kappa shape index (κ2) is 14.2. The molecule has 2 aromatic carbocycles. The number of benzene rings is 2. The molecule has 3 aromatic rings. The SMILES string of the molecule is CC(C)(CCCCOc1ccc(OCCCCCn2ccnc2)cc1)C(=O)OCc1ccccc1. The second-order valence-corrected chi connectivity index (χ2v) is 9.43. The van der Waals surface area contributed by atoms with Gasteiger partial charge in [0.1, 0.15) is 18.1 Å². The van der Waals surface area contributed by atoms with E-state index in [9.17, 15) is 4.79 Å². The minimum atomic E-state index is -0.507. The number of carbonyl (C=O) groups is 1. The van der Waals surface area contributed by atoms with Crippen LogP contribution in [0, 0.1) is 5.41 Å². The largest absolute Gasteiger partial charge is 0.494 e. The first-order chi connectivity index (χ1) is 17.0. The van der Waals surface area contributed by atoms with E-state index in [2.05, 4.69) is 9.55 Å². The Morgan fingerprint density at radius 3 is 2.14 bits per heavy atom. The molecule has 0 amide bonds. The van der Waals surface area contributed by atoms with E-state index in [4.69, 9.17) is 14.2 Å². The Morgan fingerprint density at radius 1 is 0.857 bits per heavy atom. The van der Waals surface area contributed by atoms with Crippen molar-refractivity contribution in [1.29, 1.82) is 0 Å². The van der Waals surface area contributed by atoms with Crippen molar-refractivity contribution in [1.82, 2.24) is 9.55 Å². The highest BCUT2D eigenvalue weighted by Gasteiger charge is 2.28. The maximum absolute atomic E-state index is 12.5. The molecule has 0 spiro atoms. The molecule has 0 unspecified atom stereocenters. The summed E-state index contributed by atoms with van der Waals surface area (Å²) < 4.78 is 19.3. The van der Waals surface area contributed by atoms with E-state index in [-0.39, 0.29) is 5.97 Å². The smallest absolute Gasteiger partial charge is 0.311 e. The zero-order valence-electron chi connectivity index (χ0n) is 21.0. The summed E-state index contributed by atoms with van der Waals surface area (Å²) in [6.45, 7) is 6.54. The fourth-order valence-electron chi connectivity index (χ4n) is 3.69. The molecule has 6 nitrogen and oxygen atoms in total. The van der Waals surface area contributed by atoms with E-state index in [0.717, 1.165) is 62.1 Å². The Kier molecular flexibility index (Phi) is 10.7. The van der Waals surface area contributed by atoms with Crippen LogP contribution in [0.2, 0.25) is 0 Å². The molecule has 1 heterocycles. The number of rotatable bonds is 16. The minimum Gasteiger partial charge on any atom is -0.494 e. The van der Waals surface area contributed by atoms with Crippen molar-refractivity contribution in [3.63, 3.8) is 0 Å². The Hall–Kier alpha value is -3.28. The van der Waals surface area contributed by atoms with E-state index in [0.29, 0.717) is 19.8 Å². The molecule has 35 heavy (non-hydrogen) atoms. The van der Waals surface area contributed by atoms with Crippen molar-refractivity contribution in [3.05, 3.63) is 78.9 Å². The van der Waals surface area contributed by atoms with E-state index in [1.807, 2.05) is 87.2 Å². The van der Waals surface area contributed by atoms with Crippen LogP contribution in [0.15, 0.2) is 73.3 Å². The molecule has 0 radical (unpaired) electrons. The van der Waals surface area contributed by atoms with Crippen molar-refractivity contribution in [3.8, 4) is 11.5 Å². The lowest BCUT2D eigenvalue weighted by molar-refractivity contribution is -0.155. The average molecular weight is 479 g/mol. The molecule has 0 bridgehead atoms. The Bertz CT molecular complexity index is 970. The van der Waals surface area contributed by atoms with Gasteiger partial charge in [0.2, 0.25) is 0 Å². The van der Waals surface area contributed by atoms with Crippen LogP contribution in [0.3, 0.4) is 0 Å². The number of carbonyl (C=O) groups excluding carboxylic acids is 1. The summed E-state index contributed by atoms with van der Waals surface area (Å²) >= 11 is 0. The average Bonchev–Trinajstić information content (AvgIpc) is 3.39. The van der Waals surface area contributed by atoms with E-state index in [1.54, 1.807) is 0 Å². The lowest BCUT2D eigenvalue weighted by atomic mass is 9.87. The van der Waals surface area contributed by atoms with Gasteiger partial charge in [-0.2, -0.15) is 0 Å². The first-order valence-corrected chi connectivity index (χ1v) is 12.6. The first kappa shape index (κ1) is 26.3. The number of imidazole rings is 1. The van der Waals surface area contributed by atoms with Gasteiger partial charge in [0.15, 0.2) is 0 Å². The third-order valence-corrected chi connectivity index (χ3v) is 5.94. The molecule has 0 aliphatic carbocycles. The van der Waals surface area contributed by atoms with Crippen LogP contribution in [-0.2, 0) is 22.7 Å². The Labute approximate surface area is 209 Å². The van der Waals surface area contributed by atoms with E-state index in [1.165, 1.54) is 0 Å². The predicted octanol–water partition coefficient (Wildman–Crippen LogP) is 6.45. The second-order valence-electron chi connectivity index (χ2n) is 9.43. The number of ether oxygens (including phenoxy) is 3. The maximum atomic E-state index is 12.5. The number of esters is 1. The number of unbranched alkanes of at least 4 members (excludes halogenated alkanes) is 3. The highest BCUT2D eigenvalue weighted by atomic mass is 16.5. The van der Waals surface area contributed by atoms with Crippen LogP contribution < -0.4 is 9.47 Å². The molecule has 3 rings (SSSR count). The van der Waals surface area contributed by atoms with Gasteiger partial charge in [0.05, 0.1) is 25.0 Å². The third kappa shape index (κ3) is 9.85. The number of nitrogens with zero attached hydrogens (tertiary/aromatic N) is 2. The summed E-state index contributed by atoms with van der Waals surface area (Å²) in [6, 6.07) is 17.6. The molecule has 0 aliphatic rings. The lowest BCUT2D eigenvalue weighted by Gasteiger charge is -2.22. The van der Waals surface area contributed by atoms with Gasteiger partial charge in [-0.05, 0) is 82.2 Å². The highest BCUT2D eigenvalue weighted by molar-refractivity contribution is 5.75. The summed E-state index contributed by atoms with van der Waals surface area (Å²) in [5, 5.41) is 0. The summed E-state index contributed by atoms with van der Waals surface area (Å²) in [5.74, 6) is 1.54. The van der Waals surface area contributed by atoms with Gasteiger partial charge in [0.25, 0.3) is 0 Å². The monoisotopic (exact) mass is 478 g/mol. The summed E-state index contributed by atoms with van der Waals surface area (Å²) in [7, 11) is 0. The maximum Gasteiger partial charge on any atom is 0.311 e. The van der Waals surface area contributed by atoms with Gasteiger partial charge in [-0.1, -0.05) is 30.3 Å². The Morgan fingerprint density at radius 2 is 1.51 bits per heavy atom. The zero-order valence-corrected chi connectivity index (χ0v) is 21.0. The van der Waals surface area contributed by atoms with Gasteiger partial charge in [-0.25, -0.2) is 4.98 Å². The summed E-state index contributed by atoms with van der Waals surface area (Å²) in [5.41, 5.74) is 0.496. The van der Waals surface area contributed by atoms with Crippen LogP contribution in [0.1, 0.15) is 57.9 Å². The molecule has 0 atom stereocenters. The van der Waals surface area contributed by atoms with Gasteiger partial charge < -0.3 is 18.8 Å². The lowest BCUT2D eigenvalue weighted by Crippen LogP contribution is -2.26. The van der Waals surface area contributed by atoms with Crippen LogP contribution in [0.4, 0.5) is 0 Å². The quantitative estimate of drug-likeness (QED) is 0.175. The van der Waals surface area contributed by atoms with Crippen molar-refractivity contribution >= 4 is 5.97 Å². The summed E-state index contributed by atoms with van der Waals surface area (Å²) in [4.78, 5) is 16.5.